The van der Waals surface area contributed by atoms with Gasteiger partial charge in [-0.25, -0.2) is 18.5 Å². The Labute approximate surface area is 195 Å². The average Bonchev–Trinajstić information content (AvgIpc) is 3.07. The number of nitrogens with two attached hydrogens (primary N) is 1. The van der Waals surface area contributed by atoms with Crippen molar-refractivity contribution < 1.29 is 22.7 Å². The smallest absolute Gasteiger partial charge is 0.251 e. The molecule has 0 bridgehead atoms. The number of carbonyl (C=O) groups is 2. The number of carbonyl (C=O) groups excluding carboxylic acids is 2. The molecule has 8 nitrogen and oxygen atoms in total. The molecule has 1 heterocycles. The van der Waals surface area contributed by atoms with Crippen molar-refractivity contribution in [3.63, 3.8) is 0 Å². The second-order valence-corrected chi connectivity index (χ2v) is 9.68. The van der Waals surface area contributed by atoms with Gasteiger partial charge in [0.05, 0.1) is 29.7 Å². The highest BCUT2D eigenvalue weighted by Crippen LogP contribution is 2.25. The first-order chi connectivity index (χ1) is 15.8. The summed E-state index contributed by atoms with van der Waals surface area (Å²) in [5.74, 6) is 0.193. The topological polar surface area (TPSA) is 119 Å². The second kappa shape index (κ2) is 11.4. The SMILES string of the molecule is CCCCCCOc1ccc(N2C(=O)CC(NCCc3ccc(S(N)(=O)=O)cc3)C2=O)cc1. The number of nitrogens with one attached hydrogen (secondary N) is 1. The molecule has 178 valence electrons. The normalized spacial score (nSPS) is 16.4. The molecular formula is C24H31N3O5S. The van der Waals surface area contributed by atoms with Crippen LogP contribution in [-0.4, -0.2) is 39.4 Å². The summed E-state index contributed by atoms with van der Waals surface area (Å²) in [6.07, 6.45) is 5.19. The summed E-state index contributed by atoms with van der Waals surface area (Å²) in [6.45, 7) is 3.28. The van der Waals surface area contributed by atoms with E-state index in [2.05, 4.69) is 12.2 Å². The van der Waals surface area contributed by atoms with Crippen LogP contribution < -0.4 is 20.1 Å². The molecule has 0 aromatic heterocycles. The van der Waals surface area contributed by atoms with Crippen LogP contribution in [-0.2, 0) is 26.0 Å². The molecule has 1 aliphatic heterocycles. The lowest BCUT2D eigenvalue weighted by Gasteiger charge is -2.16. The summed E-state index contributed by atoms with van der Waals surface area (Å²) in [5.41, 5.74) is 1.43. The number of imide groups is 1. The molecule has 33 heavy (non-hydrogen) atoms. The number of benzene rings is 2. The molecule has 9 heteroatoms. The molecule has 1 fully saturated rings. The van der Waals surface area contributed by atoms with Gasteiger partial charge in [-0.2, -0.15) is 0 Å². The van der Waals surface area contributed by atoms with Crippen molar-refractivity contribution in [2.45, 2.75) is 56.4 Å². The van der Waals surface area contributed by atoms with Crippen LogP contribution in [0.25, 0.3) is 0 Å². The van der Waals surface area contributed by atoms with E-state index in [4.69, 9.17) is 9.88 Å². The minimum atomic E-state index is -3.72. The Morgan fingerprint density at radius 2 is 1.73 bits per heavy atom. The van der Waals surface area contributed by atoms with Crippen molar-refractivity contribution in [1.29, 1.82) is 0 Å². The lowest BCUT2D eigenvalue weighted by molar-refractivity contribution is -0.121. The maximum atomic E-state index is 12.8. The van der Waals surface area contributed by atoms with Crippen molar-refractivity contribution >= 4 is 27.5 Å². The second-order valence-electron chi connectivity index (χ2n) is 8.12. The summed E-state index contributed by atoms with van der Waals surface area (Å²) in [7, 11) is -3.72. The fraction of sp³-hybridized carbons (Fsp3) is 0.417. The van der Waals surface area contributed by atoms with Gasteiger partial charge in [-0.05, 0) is 61.3 Å². The third-order valence-electron chi connectivity index (χ3n) is 5.56. The summed E-state index contributed by atoms with van der Waals surface area (Å²) in [5, 5.41) is 8.23. The molecule has 1 unspecified atom stereocenters. The Hall–Kier alpha value is -2.75. The van der Waals surface area contributed by atoms with Crippen LogP contribution in [0.3, 0.4) is 0 Å². The van der Waals surface area contributed by atoms with Crippen molar-refractivity contribution in [3.8, 4) is 5.75 Å². The molecular weight excluding hydrogens is 442 g/mol. The van der Waals surface area contributed by atoms with Gasteiger partial charge in [0.2, 0.25) is 15.9 Å². The maximum absolute atomic E-state index is 12.8. The number of sulfonamides is 1. The first kappa shape index (κ1) is 24.9. The van der Waals surface area contributed by atoms with Gasteiger partial charge >= 0.3 is 0 Å². The minimum absolute atomic E-state index is 0.0549. The average molecular weight is 474 g/mol. The summed E-state index contributed by atoms with van der Waals surface area (Å²) in [4.78, 5) is 26.6. The van der Waals surface area contributed by atoms with E-state index in [-0.39, 0.29) is 23.1 Å². The summed E-state index contributed by atoms with van der Waals surface area (Å²) >= 11 is 0. The van der Waals surface area contributed by atoms with Crippen LogP contribution in [0, 0.1) is 0 Å². The van der Waals surface area contributed by atoms with Gasteiger partial charge in [-0.1, -0.05) is 38.3 Å². The molecule has 1 atom stereocenters. The molecule has 1 saturated heterocycles. The fourth-order valence-electron chi connectivity index (χ4n) is 3.71. The molecule has 2 amide bonds. The zero-order valence-electron chi connectivity index (χ0n) is 18.8. The van der Waals surface area contributed by atoms with Crippen molar-refractivity contribution in [2.75, 3.05) is 18.1 Å². The Morgan fingerprint density at radius 1 is 1.03 bits per heavy atom. The molecule has 2 aromatic rings. The van der Waals surface area contributed by atoms with Gasteiger partial charge in [0, 0.05) is 0 Å². The van der Waals surface area contributed by atoms with E-state index in [1.54, 1.807) is 36.4 Å². The first-order valence-corrected chi connectivity index (χ1v) is 12.8. The predicted molar refractivity (Wildman–Crippen MR) is 126 cm³/mol. The number of rotatable bonds is 12. The number of anilines is 1. The van der Waals surface area contributed by atoms with E-state index in [0.717, 1.165) is 24.2 Å². The Kier molecular flexibility index (Phi) is 8.60. The number of ether oxygens (including phenoxy) is 1. The minimum Gasteiger partial charge on any atom is -0.494 e. The zero-order valence-corrected chi connectivity index (χ0v) is 19.6. The zero-order chi connectivity index (χ0) is 23.8. The van der Waals surface area contributed by atoms with Crippen LogP contribution >= 0.6 is 0 Å². The molecule has 2 aromatic carbocycles. The van der Waals surface area contributed by atoms with Crippen molar-refractivity contribution in [3.05, 3.63) is 54.1 Å². The van der Waals surface area contributed by atoms with Crippen LogP contribution in [0.15, 0.2) is 53.4 Å². The highest BCUT2D eigenvalue weighted by atomic mass is 32.2. The predicted octanol–water partition coefficient (Wildman–Crippen LogP) is 2.76. The quantitative estimate of drug-likeness (QED) is 0.361. The van der Waals surface area contributed by atoms with Gasteiger partial charge in [-0.15, -0.1) is 0 Å². The number of unbranched alkanes of at least 4 members (excludes halogenated alkanes) is 3. The van der Waals surface area contributed by atoms with Crippen molar-refractivity contribution in [1.82, 2.24) is 5.32 Å². The Bertz CT molecular complexity index is 1050. The van der Waals surface area contributed by atoms with Gasteiger partial charge in [0.25, 0.3) is 5.91 Å². The molecule has 3 N–H and O–H groups in total. The third-order valence-corrected chi connectivity index (χ3v) is 6.49. The first-order valence-electron chi connectivity index (χ1n) is 11.2. The van der Waals surface area contributed by atoms with Crippen LogP contribution in [0.4, 0.5) is 5.69 Å². The largest absolute Gasteiger partial charge is 0.494 e. The van der Waals surface area contributed by atoms with Crippen molar-refractivity contribution in [2.24, 2.45) is 5.14 Å². The molecule has 1 aliphatic rings. The molecule has 0 radical (unpaired) electrons. The van der Waals surface area contributed by atoms with E-state index in [9.17, 15) is 18.0 Å². The number of primary sulfonamides is 1. The van der Waals surface area contributed by atoms with Crippen LogP contribution in [0.5, 0.6) is 5.75 Å². The van der Waals surface area contributed by atoms with E-state index >= 15 is 0 Å². The van der Waals surface area contributed by atoms with Crippen LogP contribution in [0.2, 0.25) is 0 Å². The molecule has 3 rings (SSSR count). The number of hydrogen-bond donors (Lipinski definition) is 2. The number of amides is 2. The lowest BCUT2D eigenvalue weighted by atomic mass is 10.1. The maximum Gasteiger partial charge on any atom is 0.251 e. The van der Waals surface area contributed by atoms with Gasteiger partial charge in [-0.3, -0.25) is 9.59 Å². The lowest BCUT2D eigenvalue weighted by Crippen LogP contribution is -2.39. The molecule has 0 saturated carbocycles. The Balaban J connectivity index is 1.50. The van der Waals surface area contributed by atoms with Gasteiger partial charge in [0.15, 0.2) is 0 Å². The highest BCUT2D eigenvalue weighted by Gasteiger charge is 2.39. The van der Waals surface area contributed by atoms with E-state index < -0.39 is 16.1 Å². The number of nitrogens with zero attached hydrogens (tertiary/aromatic N) is 1. The Morgan fingerprint density at radius 3 is 2.36 bits per heavy atom. The van der Waals surface area contributed by atoms with Gasteiger partial charge < -0.3 is 10.1 Å². The fourth-order valence-corrected chi connectivity index (χ4v) is 4.22. The van der Waals surface area contributed by atoms with E-state index in [1.807, 2.05) is 0 Å². The van der Waals surface area contributed by atoms with Crippen LogP contribution in [0.1, 0.15) is 44.6 Å². The summed E-state index contributed by atoms with van der Waals surface area (Å²) < 4.78 is 28.4. The highest BCUT2D eigenvalue weighted by molar-refractivity contribution is 7.89. The number of hydrogen-bond acceptors (Lipinski definition) is 6. The monoisotopic (exact) mass is 473 g/mol. The van der Waals surface area contributed by atoms with E-state index in [0.29, 0.717) is 25.3 Å². The third kappa shape index (κ3) is 6.86. The molecule has 0 aliphatic carbocycles. The van der Waals surface area contributed by atoms with E-state index in [1.165, 1.54) is 29.9 Å². The molecule has 0 spiro atoms. The summed E-state index contributed by atoms with van der Waals surface area (Å²) in [6, 6.07) is 12.7. The standard InChI is InChI=1S/C24H31N3O5S/c1-2-3-4-5-16-32-20-10-8-19(9-11-20)27-23(28)17-22(24(27)29)26-15-14-18-6-12-21(13-7-18)33(25,30)31/h6-13,22,26H,2-5,14-17H2,1H3,(H2,25,30,31). The van der Waals surface area contributed by atoms with Gasteiger partial charge in [0.1, 0.15) is 5.75 Å².